The first kappa shape index (κ1) is 56.9. The number of benzene rings is 6. The fourth-order valence-corrected chi connectivity index (χ4v) is 9.90. The molecule has 9 rings (SSSR count). The molecule has 10 atom stereocenters. The van der Waals surface area contributed by atoms with Crippen LogP contribution < -0.4 is 0 Å². The first-order valence-electron chi connectivity index (χ1n) is 26.2. The number of aliphatic hydroxyl groups excluding tert-OH is 1. The summed E-state index contributed by atoms with van der Waals surface area (Å²) in [5, 5.41) is 12.2. The number of carbonyl (C=O) groups excluding carboxylic acids is 5. The molecule has 18 heteroatoms. The van der Waals surface area contributed by atoms with Gasteiger partial charge in [0.15, 0.2) is 30.9 Å². The summed E-state index contributed by atoms with van der Waals surface area (Å²) in [4.78, 5) is 64.7. The monoisotopic (exact) mass is 1090 g/mol. The summed E-state index contributed by atoms with van der Waals surface area (Å²) in [5.41, 5.74) is 7.37. The zero-order valence-electron chi connectivity index (χ0n) is 44.3. The van der Waals surface area contributed by atoms with E-state index in [4.69, 9.17) is 56.8 Å². The average Bonchev–Trinajstić information content (AvgIpc) is 3.79. The van der Waals surface area contributed by atoms with Crippen molar-refractivity contribution in [1.29, 1.82) is 0 Å². The third-order valence-electron chi connectivity index (χ3n) is 13.6. The lowest BCUT2D eigenvalue weighted by atomic mass is 9.97. The summed E-state index contributed by atoms with van der Waals surface area (Å²) in [6.07, 6.45) is -14.9. The first-order valence-corrected chi connectivity index (χ1v) is 26.2. The van der Waals surface area contributed by atoms with E-state index in [2.05, 4.69) is 0 Å². The van der Waals surface area contributed by atoms with Crippen molar-refractivity contribution in [3.63, 3.8) is 0 Å². The van der Waals surface area contributed by atoms with Crippen LogP contribution in [0.15, 0.2) is 164 Å². The van der Waals surface area contributed by atoms with Gasteiger partial charge in [-0.1, -0.05) is 152 Å². The van der Waals surface area contributed by atoms with Crippen LogP contribution >= 0.6 is 0 Å². The summed E-state index contributed by atoms with van der Waals surface area (Å²) in [6, 6.07) is 49.8. The Morgan fingerprint density at radius 1 is 0.412 bits per heavy atom. The predicted molar refractivity (Wildman–Crippen MR) is 284 cm³/mol. The largest absolute Gasteiger partial charge is 0.508 e. The van der Waals surface area contributed by atoms with E-state index >= 15 is 0 Å². The molecule has 0 bridgehead atoms. The SMILES string of the molecule is CC(=O)O[C@@H]1[C@@H](OC(C)=O)[C@H](OCc2ccc(COC(=O)c3ccccc3)cc2)O[C@H](CO[C@H]2O[C@H](COC(=O)OCC3c4ccccc4-c4ccccc43)[C@@H](OCc3ccccc3)[C@H](O)[C@H]2OC(C)=O)[C@H]1OCc1ccccc1. The van der Waals surface area contributed by atoms with Crippen LogP contribution in [0, 0.1) is 0 Å². The number of ether oxygens (including phenoxy) is 12. The van der Waals surface area contributed by atoms with Gasteiger partial charge in [0, 0.05) is 26.7 Å². The smallest absolute Gasteiger partial charge is 0.457 e. The van der Waals surface area contributed by atoms with Crippen LogP contribution in [-0.2, 0) is 97.7 Å². The van der Waals surface area contributed by atoms with Crippen LogP contribution in [0.5, 0.6) is 0 Å². The molecule has 1 aliphatic carbocycles. The molecule has 2 fully saturated rings. The summed E-state index contributed by atoms with van der Waals surface area (Å²) in [6.45, 7) is 2.40. The quantitative estimate of drug-likeness (QED) is 0.0499. The molecule has 80 heavy (non-hydrogen) atoms. The number of rotatable bonds is 22. The zero-order chi connectivity index (χ0) is 56.0. The van der Waals surface area contributed by atoms with Gasteiger partial charge in [-0.25, -0.2) is 9.59 Å². The Morgan fingerprint density at radius 2 is 0.850 bits per heavy atom. The van der Waals surface area contributed by atoms with Crippen LogP contribution in [0.2, 0.25) is 0 Å². The van der Waals surface area contributed by atoms with E-state index in [1.54, 1.807) is 54.6 Å². The molecule has 0 amide bonds. The summed E-state index contributed by atoms with van der Waals surface area (Å²) in [5.74, 6) is -2.98. The van der Waals surface area contributed by atoms with E-state index in [0.29, 0.717) is 16.7 Å². The molecule has 418 valence electrons. The number of aliphatic hydroxyl groups is 1. The normalized spacial score (nSPS) is 23.1. The topological polar surface area (TPSA) is 216 Å². The molecule has 0 unspecified atom stereocenters. The van der Waals surface area contributed by atoms with Crippen LogP contribution in [0.25, 0.3) is 11.1 Å². The average molecular weight is 1100 g/mol. The second-order valence-corrected chi connectivity index (χ2v) is 19.3. The lowest BCUT2D eigenvalue weighted by molar-refractivity contribution is -0.341. The van der Waals surface area contributed by atoms with Crippen molar-refractivity contribution in [1.82, 2.24) is 0 Å². The maximum atomic E-state index is 13.5. The van der Waals surface area contributed by atoms with Gasteiger partial charge in [-0.2, -0.15) is 0 Å². The van der Waals surface area contributed by atoms with E-state index in [9.17, 15) is 29.1 Å². The van der Waals surface area contributed by atoms with Crippen LogP contribution in [0.1, 0.15) is 70.4 Å². The second kappa shape index (κ2) is 27.4. The van der Waals surface area contributed by atoms with E-state index in [1.165, 1.54) is 13.8 Å². The van der Waals surface area contributed by atoms with Gasteiger partial charge in [0.25, 0.3) is 0 Å². The number of hydrogen-bond acceptors (Lipinski definition) is 18. The minimum absolute atomic E-state index is 0.0129. The van der Waals surface area contributed by atoms with E-state index in [-0.39, 0.29) is 39.0 Å². The van der Waals surface area contributed by atoms with Crippen LogP contribution in [-0.4, -0.2) is 116 Å². The van der Waals surface area contributed by atoms with Gasteiger partial charge >= 0.3 is 30.0 Å². The Bertz CT molecular complexity index is 2970. The highest BCUT2D eigenvalue weighted by molar-refractivity contribution is 5.89. The molecule has 2 heterocycles. The van der Waals surface area contributed by atoms with Crippen molar-refractivity contribution >= 4 is 30.0 Å². The molecule has 0 aromatic heterocycles. The van der Waals surface area contributed by atoms with Gasteiger partial charge in [0.1, 0.15) is 50.3 Å². The summed E-state index contributed by atoms with van der Waals surface area (Å²) in [7, 11) is 0. The molecule has 2 saturated heterocycles. The van der Waals surface area contributed by atoms with Crippen LogP contribution in [0.3, 0.4) is 0 Å². The van der Waals surface area contributed by atoms with Gasteiger partial charge in [0.2, 0.25) is 0 Å². The van der Waals surface area contributed by atoms with Crippen molar-refractivity contribution in [2.24, 2.45) is 0 Å². The summed E-state index contributed by atoms with van der Waals surface area (Å²) >= 11 is 0. The lowest BCUT2D eigenvalue weighted by Crippen LogP contribution is -2.64. The third kappa shape index (κ3) is 14.7. The van der Waals surface area contributed by atoms with Crippen molar-refractivity contribution in [2.75, 3.05) is 19.8 Å². The Hall–Kier alpha value is -7.81. The third-order valence-corrected chi connectivity index (χ3v) is 13.6. The Morgan fingerprint density at radius 3 is 1.43 bits per heavy atom. The first-order chi connectivity index (χ1) is 38.9. The highest BCUT2D eigenvalue weighted by atomic mass is 16.8. The fourth-order valence-electron chi connectivity index (χ4n) is 9.90. The molecular weight excluding hydrogens is 1030 g/mol. The molecule has 2 aliphatic heterocycles. The molecule has 3 aliphatic rings. The second-order valence-electron chi connectivity index (χ2n) is 19.3. The maximum Gasteiger partial charge on any atom is 0.508 e. The number of fused-ring (bicyclic) bond motifs is 3. The number of carbonyl (C=O) groups is 5. The molecule has 0 radical (unpaired) electrons. The lowest BCUT2D eigenvalue weighted by Gasteiger charge is -2.46. The van der Waals surface area contributed by atoms with Gasteiger partial charge in [-0.3, -0.25) is 14.4 Å². The van der Waals surface area contributed by atoms with E-state index in [0.717, 1.165) is 40.3 Å². The minimum Gasteiger partial charge on any atom is -0.457 e. The van der Waals surface area contributed by atoms with Crippen molar-refractivity contribution < 1.29 is 85.9 Å². The van der Waals surface area contributed by atoms with Gasteiger partial charge in [-0.15, -0.1) is 0 Å². The number of esters is 4. The minimum atomic E-state index is -1.63. The van der Waals surface area contributed by atoms with E-state index in [1.807, 2.05) is 109 Å². The maximum absolute atomic E-state index is 13.5. The summed E-state index contributed by atoms with van der Waals surface area (Å²) < 4.78 is 73.0. The fraction of sp³-hybridized carbons (Fsp3) is 0.339. The van der Waals surface area contributed by atoms with Gasteiger partial charge in [-0.05, 0) is 56.6 Å². The van der Waals surface area contributed by atoms with Crippen molar-refractivity contribution in [3.8, 4) is 11.1 Å². The standard InChI is InChI=1S/C62H62O18/c1-38(63)76-56-53(66)54(69-31-41-17-7-4-8-18-41)51(37-75-62(68)74-35-50-48-25-15-13-23-46(48)47-24-14-16-26-49(47)50)79-60(56)73-36-52-55(70-32-42-19-9-5-10-20-42)57(77-39(2)64)58(78-40(3)65)61(80-52)72-34-44-29-27-43(28-30-44)33-71-59(67)45-21-11-6-12-22-45/h4-30,50-58,60-61,66H,31-37H2,1-3H3/t51-,52-,53+,54-,55-,56-,57+,58-,60+,61-/m1/s1. The Balaban J connectivity index is 0.944. The van der Waals surface area contributed by atoms with Crippen molar-refractivity contribution in [3.05, 3.63) is 203 Å². The Labute approximate surface area is 462 Å². The van der Waals surface area contributed by atoms with Gasteiger partial charge in [0.05, 0.1) is 32.0 Å². The molecular formula is C62H62O18. The molecule has 0 saturated carbocycles. The molecule has 6 aromatic carbocycles. The molecule has 6 aromatic rings. The van der Waals surface area contributed by atoms with Gasteiger partial charge < -0.3 is 61.9 Å². The molecule has 1 N–H and O–H groups in total. The predicted octanol–water partition coefficient (Wildman–Crippen LogP) is 8.32. The highest BCUT2D eigenvalue weighted by Gasteiger charge is 2.54. The Kier molecular flexibility index (Phi) is 19.5. The van der Waals surface area contributed by atoms with E-state index < -0.39 is 105 Å². The van der Waals surface area contributed by atoms with Crippen molar-refractivity contribution in [2.45, 2.75) is 115 Å². The number of hydrogen-bond donors (Lipinski definition) is 1. The molecule has 18 nitrogen and oxygen atoms in total. The zero-order valence-corrected chi connectivity index (χ0v) is 44.3. The van der Waals surface area contributed by atoms with Crippen LogP contribution in [0.4, 0.5) is 4.79 Å². The molecule has 0 spiro atoms. The highest BCUT2D eigenvalue weighted by Crippen LogP contribution is 2.44.